The monoisotopic (exact) mass is 591 g/mol. The van der Waals surface area contributed by atoms with Gasteiger partial charge in [0.25, 0.3) is 0 Å². The molecule has 0 spiro atoms. The summed E-state index contributed by atoms with van der Waals surface area (Å²) < 4.78 is 22.4. The fourth-order valence-corrected chi connectivity index (χ4v) is 8.42. The van der Waals surface area contributed by atoms with E-state index in [2.05, 4.69) is 5.32 Å². The van der Waals surface area contributed by atoms with Gasteiger partial charge in [0.2, 0.25) is 11.7 Å². The lowest BCUT2D eigenvalue weighted by atomic mass is 9.44. The summed E-state index contributed by atoms with van der Waals surface area (Å²) in [6.45, 7) is 4.67. The molecule has 8 atom stereocenters. The van der Waals surface area contributed by atoms with Crippen LogP contribution in [0.5, 0.6) is 0 Å². The minimum Gasteiger partial charge on any atom is -0.481 e. The highest BCUT2D eigenvalue weighted by Gasteiger charge is 2.75. The SMILES string of the molecule is C[C@@H]1C[C@H]2[C@@H]3CCC4=CC(=O)C=C[C@]4(C)[C@@]3(F)[C@@H](O)C[C@]2(C)[C@@]1(O)C(=O)COC(=O)CCCNC(=O)CCCC(=O)O. The molecule has 11 heteroatoms. The van der Waals surface area contributed by atoms with Crippen molar-refractivity contribution in [2.75, 3.05) is 13.2 Å². The van der Waals surface area contributed by atoms with E-state index in [4.69, 9.17) is 9.84 Å². The summed E-state index contributed by atoms with van der Waals surface area (Å²) in [6.07, 6.45) is 4.25. The first-order chi connectivity index (χ1) is 19.6. The number of aliphatic hydroxyl groups excluding tert-OH is 1. The Bertz CT molecular complexity index is 1210. The highest BCUT2D eigenvalue weighted by molar-refractivity contribution is 6.01. The first-order valence-corrected chi connectivity index (χ1v) is 14.8. The van der Waals surface area contributed by atoms with Crippen molar-refractivity contribution in [3.05, 3.63) is 23.8 Å². The van der Waals surface area contributed by atoms with Crippen LogP contribution >= 0.6 is 0 Å². The summed E-state index contributed by atoms with van der Waals surface area (Å²) >= 11 is 0. The Hall–Kier alpha value is -2.92. The minimum absolute atomic E-state index is 0.0638. The van der Waals surface area contributed by atoms with Crippen LogP contribution in [0.2, 0.25) is 0 Å². The number of nitrogens with one attached hydrogen (secondary N) is 1. The number of carbonyl (C=O) groups excluding carboxylic acids is 4. The van der Waals surface area contributed by atoms with Crippen LogP contribution in [0.3, 0.4) is 0 Å². The number of Topliss-reactive ketones (excluding diaryl/α,β-unsaturated/α-hetero) is 1. The number of alkyl halides is 1. The molecule has 1 amide bonds. The number of halogens is 1. The fraction of sp³-hybridized carbons (Fsp3) is 0.710. The molecule has 0 aliphatic heterocycles. The number of fused-ring (bicyclic) bond motifs is 5. The Morgan fingerprint density at radius 2 is 1.83 bits per heavy atom. The van der Waals surface area contributed by atoms with Crippen LogP contribution in [0.15, 0.2) is 23.8 Å². The number of aliphatic hydroxyl groups is 2. The zero-order valence-corrected chi connectivity index (χ0v) is 24.5. The summed E-state index contributed by atoms with van der Waals surface area (Å²) in [4.78, 5) is 60.1. The first kappa shape index (κ1) is 32.0. The largest absolute Gasteiger partial charge is 0.481 e. The Morgan fingerprint density at radius 3 is 2.52 bits per heavy atom. The van der Waals surface area contributed by atoms with Crippen LogP contribution in [-0.2, 0) is 28.7 Å². The highest BCUT2D eigenvalue weighted by Crippen LogP contribution is 2.70. The Morgan fingerprint density at radius 1 is 1.12 bits per heavy atom. The summed E-state index contributed by atoms with van der Waals surface area (Å²) in [6, 6.07) is 0. The second-order valence-electron chi connectivity index (χ2n) is 13.0. The molecule has 232 valence electrons. The quantitative estimate of drug-likeness (QED) is 0.209. The zero-order chi connectivity index (χ0) is 31.1. The summed E-state index contributed by atoms with van der Waals surface area (Å²) in [7, 11) is 0. The molecule has 4 aliphatic rings. The summed E-state index contributed by atoms with van der Waals surface area (Å²) in [5, 5.41) is 34.6. The van der Waals surface area contributed by atoms with E-state index in [1.807, 2.05) is 0 Å². The van der Waals surface area contributed by atoms with Gasteiger partial charge in [-0.1, -0.05) is 25.5 Å². The molecule has 0 saturated heterocycles. The number of carboxylic acids is 1. The van der Waals surface area contributed by atoms with Gasteiger partial charge in [0.1, 0.15) is 5.60 Å². The van der Waals surface area contributed by atoms with Gasteiger partial charge in [-0.05, 0) is 69.4 Å². The van der Waals surface area contributed by atoms with Crippen molar-refractivity contribution in [1.29, 1.82) is 0 Å². The van der Waals surface area contributed by atoms with Crippen LogP contribution in [-0.4, -0.2) is 75.3 Å². The Labute approximate surface area is 244 Å². The zero-order valence-electron chi connectivity index (χ0n) is 24.5. The van der Waals surface area contributed by atoms with Gasteiger partial charge in [-0.15, -0.1) is 0 Å². The smallest absolute Gasteiger partial charge is 0.306 e. The number of carboxylic acid groups (broad SMARTS) is 1. The molecule has 4 rings (SSSR count). The van der Waals surface area contributed by atoms with Crippen molar-refractivity contribution in [2.45, 2.75) is 95.9 Å². The molecular formula is C31H42FNO9. The van der Waals surface area contributed by atoms with Crippen LogP contribution in [0, 0.1) is 28.6 Å². The Balaban J connectivity index is 1.38. The van der Waals surface area contributed by atoms with Crippen molar-refractivity contribution in [3.8, 4) is 0 Å². The normalized spacial score (nSPS) is 38.5. The summed E-state index contributed by atoms with van der Waals surface area (Å²) in [5.74, 6) is -4.52. The lowest BCUT2D eigenvalue weighted by Crippen LogP contribution is -2.69. The van der Waals surface area contributed by atoms with Gasteiger partial charge in [0.05, 0.1) is 6.10 Å². The predicted molar refractivity (Wildman–Crippen MR) is 148 cm³/mol. The van der Waals surface area contributed by atoms with Crippen molar-refractivity contribution >= 4 is 29.4 Å². The van der Waals surface area contributed by atoms with E-state index in [-0.39, 0.29) is 56.8 Å². The third kappa shape index (κ3) is 5.12. The number of ether oxygens (including phenoxy) is 1. The topological polar surface area (TPSA) is 167 Å². The third-order valence-electron chi connectivity index (χ3n) is 10.7. The van der Waals surface area contributed by atoms with Crippen LogP contribution in [0.1, 0.15) is 78.6 Å². The van der Waals surface area contributed by atoms with Gasteiger partial charge in [0.15, 0.2) is 18.1 Å². The van der Waals surface area contributed by atoms with Crippen molar-refractivity contribution in [3.63, 3.8) is 0 Å². The number of esters is 1. The molecule has 42 heavy (non-hydrogen) atoms. The predicted octanol–water partition coefficient (Wildman–Crippen LogP) is 2.60. The number of carbonyl (C=O) groups is 5. The molecular weight excluding hydrogens is 549 g/mol. The number of ketones is 2. The fourth-order valence-electron chi connectivity index (χ4n) is 8.42. The van der Waals surface area contributed by atoms with Gasteiger partial charge in [0, 0.05) is 42.6 Å². The van der Waals surface area contributed by atoms with Crippen molar-refractivity contribution < 1.29 is 48.4 Å². The molecule has 4 aliphatic carbocycles. The second-order valence-corrected chi connectivity index (χ2v) is 13.0. The molecule has 3 saturated carbocycles. The number of hydrogen-bond donors (Lipinski definition) is 4. The summed E-state index contributed by atoms with van der Waals surface area (Å²) in [5.41, 5.74) is -5.71. The standard InChI is InChI=1S/C31H42FNO9/c1-18-14-22-21-10-9-19-15-20(34)11-12-28(19,2)30(21,32)23(35)16-29(22,3)31(18,41)24(36)17-42-27(40)8-5-13-33-25(37)6-4-7-26(38)39/h11-12,15,18,21-23,35,41H,4-10,13-14,16-17H2,1-3H3,(H,33,37)(H,38,39)/t18-,21+,22+,23+,28+,29+,30+,31+/m1/s1. The molecule has 3 fully saturated rings. The number of hydrogen-bond acceptors (Lipinski definition) is 8. The molecule has 0 aromatic rings. The lowest BCUT2D eigenvalue weighted by molar-refractivity contribution is -0.220. The van der Waals surface area contributed by atoms with Gasteiger partial charge in [-0.3, -0.25) is 24.0 Å². The number of aliphatic carboxylic acids is 1. The van der Waals surface area contributed by atoms with E-state index < -0.39 is 70.3 Å². The molecule has 4 N–H and O–H groups in total. The van der Waals surface area contributed by atoms with E-state index in [1.165, 1.54) is 12.2 Å². The van der Waals surface area contributed by atoms with Gasteiger partial charge in [-0.2, -0.15) is 0 Å². The van der Waals surface area contributed by atoms with E-state index >= 15 is 4.39 Å². The average molecular weight is 592 g/mol. The van der Waals surface area contributed by atoms with Crippen LogP contribution < -0.4 is 5.32 Å². The van der Waals surface area contributed by atoms with Crippen molar-refractivity contribution in [1.82, 2.24) is 5.32 Å². The lowest BCUT2D eigenvalue weighted by Gasteiger charge is -2.62. The van der Waals surface area contributed by atoms with E-state index in [0.717, 1.165) is 0 Å². The van der Waals surface area contributed by atoms with Gasteiger partial charge in [-0.25, -0.2) is 4.39 Å². The second kappa shape index (κ2) is 11.6. The van der Waals surface area contributed by atoms with Crippen LogP contribution in [0.4, 0.5) is 4.39 Å². The first-order valence-electron chi connectivity index (χ1n) is 14.8. The average Bonchev–Trinajstić information content (AvgIpc) is 3.12. The molecule has 0 heterocycles. The molecule has 0 radical (unpaired) electrons. The van der Waals surface area contributed by atoms with E-state index in [9.17, 15) is 34.2 Å². The highest BCUT2D eigenvalue weighted by atomic mass is 19.1. The van der Waals surface area contributed by atoms with Gasteiger partial charge >= 0.3 is 11.9 Å². The van der Waals surface area contributed by atoms with Crippen molar-refractivity contribution in [2.24, 2.45) is 28.6 Å². The maximum absolute atomic E-state index is 17.3. The third-order valence-corrected chi connectivity index (χ3v) is 10.7. The van der Waals surface area contributed by atoms with E-state index in [0.29, 0.717) is 24.8 Å². The molecule has 0 unspecified atom stereocenters. The minimum atomic E-state index is -2.08. The maximum Gasteiger partial charge on any atom is 0.306 e. The number of allylic oxidation sites excluding steroid dienone is 4. The number of amides is 1. The molecule has 0 aromatic carbocycles. The number of rotatable bonds is 11. The van der Waals surface area contributed by atoms with E-state index in [1.54, 1.807) is 26.8 Å². The molecule has 0 aromatic heterocycles. The maximum atomic E-state index is 17.3. The van der Waals surface area contributed by atoms with Gasteiger partial charge < -0.3 is 25.4 Å². The molecule has 0 bridgehead atoms. The molecule has 10 nitrogen and oxygen atoms in total. The Kier molecular flexibility index (Phi) is 8.87. The van der Waals surface area contributed by atoms with Crippen LogP contribution in [0.25, 0.3) is 0 Å².